The number of rotatable bonds is 1. The van der Waals surface area contributed by atoms with Crippen LogP contribution >= 0.6 is 0 Å². The average Bonchev–Trinajstić information content (AvgIpc) is 3.67. The first-order chi connectivity index (χ1) is 19.9. The highest BCUT2D eigenvalue weighted by Gasteiger charge is 2.36. The minimum Gasteiger partial charge on any atom is -0.454 e. The third-order valence-corrected chi connectivity index (χ3v) is 8.72. The van der Waals surface area contributed by atoms with Crippen LogP contribution in [0.3, 0.4) is 0 Å². The quantitative estimate of drug-likeness (QED) is 0.236. The van der Waals surface area contributed by atoms with Crippen molar-refractivity contribution in [2.45, 2.75) is 0 Å². The second-order valence-electron chi connectivity index (χ2n) is 10.6. The van der Waals surface area contributed by atoms with Crippen molar-refractivity contribution in [2.75, 3.05) is 0 Å². The van der Waals surface area contributed by atoms with Crippen LogP contribution in [0.1, 0.15) is 0 Å². The second kappa shape index (κ2) is 7.18. The normalized spacial score (nSPS) is 12.9. The first-order valence-electron chi connectivity index (χ1n) is 13.5. The molecule has 0 saturated heterocycles. The van der Waals surface area contributed by atoms with Crippen molar-refractivity contribution in [2.24, 2.45) is 0 Å². The topological polar surface area (TPSA) is 48.8 Å². The van der Waals surface area contributed by atoms with E-state index in [9.17, 15) is 0 Å². The fourth-order valence-electron chi connectivity index (χ4n) is 7.19. The second-order valence-corrected chi connectivity index (χ2v) is 10.6. The van der Waals surface area contributed by atoms with Crippen molar-refractivity contribution < 1.29 is 4.42 Å². The standard InChI is InChI=1S/C34H19BN4O/c1-4-13-27-20(8-1)22-16-17-23-21-9-2-6-15-30(21)40-34(23)33(22)39(27)35-25-11-3-5-14-28(25)38-29-18-36-19-37-31(29)24-10-7-12-26(35)32(24)38/h1-19H. The lowest BCUT2D eigenvalue weighted by atomic mass is 9.48. The Balaban J connectivity index is 1.45. The Bertz CT molecular complexity index is 2520. The molecule has 10 rings (SSSR count). The summed E-state index contributed by atoms with van der Waals surface area (Å²) in [7, 11) is 0. The lowest BCUT2D eigenvalue weighted by molar-refractivity contribution is 0.671. The Hall–Kier alpha value is -5.36. The zero-order valence-corrected chi connectivity index (χ0v) is 21.2. The maximum absolute atomic E-state index is 6.66. The molecule has 0 amide bonds. The summed E-state index contributed by atoms with van der Waals surface area (Å²) in [5, 5.41) is 5.84. The Kier molecular flexibility index (Phi) is 3.70. The molecule has 9 aromatic rings. The molecular formula is C34H19BN4O. The van der Waals surface area contributed by atoms with Crippen molar-refractivity contribution in [1.82, 2.24) is 19.0 Å². The minimum atomic E-state index is -0.0640. The molecule has 40 heavy (non-hydrogen) atoms. The maximum Gasteiger partial charge on any atom is 0.332 e. The van der Waals surface area contributed by atoms with Crippen LogP contribution in [0.5, 0.6) is 0 Å². The third kappa shape index (κ3) is 2.36. The van der Waals surface area contributed by atoms with Gasteiger partial charge in [-0.15, -0.1) is 0 Å². The molecule has 0 bridgehead atoms. The smallest absolute Gasteiger partial charge is 0.332 e. The molecular weight excluding hydrogens is 491 g/mol. The van der Waals surface area contributed by atoms with Crippen LogP contribution < -0.4 is 10.9 Å². The van der Waals surface area contributed by atoms with Crippen LogP contribution in [0.2, 0.25) is 0 Å². The van der Waals surface area contributed by atoms with Gasteiger partial charge in [-0.05, 0) is 35.2 Å². The molecule has 0 unspecified atom stereocenters. The number of hydrogen-bond acceptors (Lipinski definition) is 3. The van der Waals surface area contributed by atoms with E-state index in [4.69, 9.17) is 9.40 Å². The molecule has 6 heteroatoms. The molecule has 0 spiro atoms. The van der Waals surface area contributed by atoms with E-state index in [0.717, 1.165) is 49.6 Å². The summed E-state index contributed by atoms with van der Waals surface area (Å²) in [6.45, 7) is -0.0640. The predicted molar refractivity (Wildman–Crippen MR) is 164 cm³/mol. The van der Waals surface area contributed by atoms with Crippen molar-refractivity contribution >= 4 is 83.5 Å². The summed E-state index contributed by atoms with van der Waals surface area (Å²) in [4.78, 5) is 9.12. The number of hydrogen-bond donors (Lipinski definition) is 0. The summed E-state index contributed by atoms with van der Waals surface area (Å²) < 4.78 is 11.5. The fraction of sp³-hybridized carbons (Fsp3) is 0. The number of benzene rings is 5. The van der Waals surface area contributed by atoms with E-state index in [1.807, 2.05) is 12.3 Å². The number of furan rings is 1. The number of para-hydroxylation sites is 4. The van der Waals surface area contributed by atoms with Gasteiger partial charge in [0.25, 0.3) is 0 Å². The van der Waals surface area contributed by atoms with Crippen molar-refractivity contribution in [1.29, 1.82) is 0 Å². The lowest BCUT2D eigenvalue weighted by Gasteiger charge is -2.28. The average molecular weight is 510 g/mol. The number of nitrogens with zero attached hydrogens (tertiary/aromatic N) is 4. The van der Waals surface area contributed by atoms with Gasteiger partial charge in [0.2, 0.25) is 0 Å². The van der Waals surface area contributed by atoms with Crippen LogP contribution in [0.4, 0.5) is 0 Å². The largest absolute Gasteiger partial charge is 0.454 e. The van der Waals surface area contributed by atoms with Gasteiger partial charge in [0.15, 0.2) is 5.58 Å². The molecule has 5 aromatic carbocycles. The molecule has 4 aromatic heterocycles. The highest BCUT2D eigenvalue weighted by molar-refractivity contribution is 6.88. The zero-order chi connectivity index (χ0) is 25.9. The molecule has 5 nitrogen and oxygen atoms in total. The van der Waals surface area contributed by atoms with E-state index in [1.165, 1.54) is 32.7 Å². The molecule has 0 aliphatic carbocycles. The summed E-state index contributed by atoms with van der Waals surface area (Å²) >= 11 is 0. The summed E-state index contributed by atoms with van der Waals surface area (Å²) in [6.07, 6.45) is 3.58. The Morgan fingerprint density at radius 2 is 1.38 bits per heavy atom. The minimum absolute atomic E-state index is 0.0640. The first kappa shape index (κ1) is 20.6. The van der Waals surface area contributed by atoms with Crippen molar-refractivity contribution in [3.63, 3.8) is 0 Å². The summed E-state index contributed by atoms with van der Waals surface area (Å²) in [5.74, 6) is 0. The molecule has 0 saturated carbocycles. The Morgan fingerprint density at radius 1 is 0.600 bits per heavy atom. The van der Waals surface area contributed by atoms with Gasteiger partial charge in [-0.25, -0.2) is 9.97 Å². The molecule has 1 aliphatic rings. The molecule has 5 heterocycles. The summed E-state index contributed by atoms with van der Waals surface area (Å²) in [5.41, 5.74) is 11.0. The van der Waals surface area contributed by atoms with Crippen molar-refractivity contribution in [3.05, 3.63) is 116 Å². The third-order valence-electron chi connectivity index (χ3n) is 8.72. The van der Waals surface area contributed by atoms with Gasteiger partial charge in [-0.2, -0.15) is 0 Å². The fourth-order valence-corrected chi connectivity index (χ4v) is 7.19. The van der Waals surface area contributed by atoms with Gasteiger partial charge < -0.3 is 13.5 Å². The SMILES string of the molecule is c1ccc2c(c1)B(n1c3ccccc3c3ccc4c5ccccc5oc4c31)c1cccc3c4ncncc4n-2c13. The van der Waals surface area contributed by atoms with E-state index >= 15 is 0 Å². The van der Waals surface area contributed by atoms with E-state index in [-0.39, 0.29) is 6.85 Å². The number of fused-ring (bicyclic) bond motifs is 12. The van der Waals surface area contributed by atoms with Crippen molar-refractivity contribution in [3.8, 4) is 5.69 Å². The van der Waals surface area contributed by atoms with Gasteiger partial charge in [0.1, 0.15) is 11.9 Å². The maximum atomic E-state index is 6.66. The zero-order valence-electron chi connectivity index (χ0n) is 21.2. The van der Waals surface area contributed by atoms with Gasteiger partial charge in [-0.1, -0.05) is 78.9 Å². The van der Waals surface area contributed by atoms with Crippen LogP contribution in [-0.2, 0) is 0 Å². The van der Waals surface area contributed by atoms with Crippen LogP contribution in [-0.4, -0.2) is 25.9 Å². The molecule has 184 valence electrons. The predicted octanol–water partition coefficient (Wildman–Crippen LogP) is 6.55. The Labute approximate surface area is 228 Å². The molecule has 0 N–H and O–H groups in total. The van der Waals surface area contributed by atoms with E-state index in [2.05, 4.69) is 111 Å². The highest BCUT2D eigenvalue weighted by Crippen LogP contribution is 2.40. The highest BCUT2D eigenvalue weighted by atomic mass is 16.3. The molecule has 0 fully saturated rings. The van der Waals surface area contributed by atoms with Crippen LogP contribution in [0, 0.1) is 0 Å². The van der Waals surface area contributed by atoms with Crippen LogP contribution in [0.15, 0.2) is 120 Å². The lowest BCUT2D eigenvalue weighted by Crippen LogP contribution is -2.53. The van der Waals surface area contributed by atoms with Gasteiger partial charge >= 0.3 is 6.85 Å². The molecule has 0 radical (unpaired) electrons. The van der Waals surface area contributed by atoms with E-state index in [0.29, 0.717) is 0 Å². The molecule has 0 atom stereocenters. The van der Waals surface area contributed by atoms with Gasteiger partial charge in [0.05, 0.1) is 28.3 Å². The Morgan fingerprint density at radius 3 is 2.35 bits per heavy atom. The summed E-state index contributed by atoms with van der Waals surface area (Å²) in [6, 6.07) is 36.9. The van der Waals surface area contributed by atoms with Crippen LogP contribution in [0.25, 0.3) is 71.4 Å². The molecule has 1 aliphatic heterocycles. The number of aromatic nitrogens is 4. The monoisotopic (exact) mass is 510 g/mol. The first-order valence-corrected chi connectivity index (χ1v) is 13.5. The van der Waals surface area contributed by atoms with E-state index < -0.39 is 0 Å². The van der Waals surface area contributed by atoms with Gasteiger partial charge in [-0.3, -0.25) is 0 Å². The van der Waals surface area contributed by atoms with Gasteiger partial charge in [0, 0.05) is 38.1 Å². The van der Waals surface area contributed by atoms with E-state index in [1.54, 1.807) is 6.33 Å².